The summed E-state index contributed by atoms with van der Waals surface area (Å²) in [5, 5.41) is 20.9. The predicted octanol–water partition coefficient (Wildman–Crippen LogP) is 0.909. The second-order valence-corrected chi connectivity index (χ2v) is 4.98. The molecule has 0 heterocycles. The fraction of sp³-hybridized carbons (Fsp3) is 0.833. The van der Waals surface area contributed by atoms with Gasteiger partial charge < -0.3 is 15.5 Å². The number of carbonyl (C=O) groups excluding carboxylic acids is 1. The van der Waals surface area contributed by atoms with E-state index in [-0.39, 0.29) is 18.9 Å². The van der Waals surface area contributed by atoms with Crippen molar-refractivity contribution >= 4 is 11.9 Å². The first-order valence-electron chi connectivity index (χ1n) is 6.14. The van der Waals surface area contributed by atoms with Gasteiger partial charge in [-0.05, 0) is 19.8 Å². The van der Waals surface area contributed by atoms with Crippen LogP contribution in [0.25, 0.3) is 0 Å². The summed E-state index contributed by atoms with van der Waals surface area (Å²) in [7, 11) is 0. The molecular weight excluding hydrogens is 222 g/mol. The highest BCUT2D eigenvalue weighted by Gasteiger charge is 2.41. The van der Waals surface area contributed by atoms with E-state index in [4.69, 9.17) is 5.11 Å². The zero-order chi connectivity index (χ0) is 12.9. The van der Waals surface area contributed by atoms with Crippen LogP contribution in [0.2, 0.25) is 0 Å². The van der Waals surface area contributed by atoms with E-state index in [9.17, 15) is 14.7 Å². The Kier molecular flexibility index (Phi) is 4.93. The lowest BCUT2D eigenvalue weighted by molar-refractivity contribution is -0.154. The van der Waals surface area contributed by atoms with Crippen molar-refractivity contribution in [3.8, 4) is 0 Å². The molecule has 1 aliphatic rings. The quantitative estimate of drug-likeness (QED) is 0.670. The van der Waals surface area contributed by atoms with Crippen LogP contribution >= 0.6 is 0 Å². The minimum absolute atomic E-state index is 0.0229. The van der Waals surface area contributed by atoms with E-state index in [1.807, 2.05) is 0 Å². The molecule has 5 nitrogen and oxygen atoms in total. The second kappa shape index (κ2) is 6.00. The number of aliphatic hydroxyl groups is 1. The summed E-state index contributed by atoms with van der Waals surface area (Å²) in [5.41, 5.74) is -0.888. The molecule has 1 amide bonds. The number of carboxylic acid groups (broad SMARTS) is 1. The number of carbonyl (C=O) groups is 2. The molecular formula is C12H21NO4. The zero-order valence-corrected chi connectivity index (χ0v) is 10.2. The Labute approximate surface area is 101 Å². The minimum atomic E-state index is -0.888. The highest BCUT2D eigenvalue weighted by Crippen LogP contribution is 2.39. The number of aliphatic hydroxyl groups excluding tert-OH is 1. The molecule has 0 aliphatic heterocycles. The molecule has 1 aliphatic carbocycles. The molecule has 0 bridgehead atoms. The van der Waals surface area contributed by atoms with Gasteiger partial charge in [-0.2, -0.15) is 0 Å². The van der Waals surface area contributed by atoms with Gasteiger partial charge >= 0.3 is 5.97 Å². The second-order valence-electron chi connectivity index (χ2n) is 4.98. The molecule has 0 spiro atoms. The van der Waals surface area contributed by atoms with Crippen molar-refractivity contribution in [2.45, 2.75) is 51.6 Å². The van der Waals surface area contributed by atoms with E-state index < -0.39 is 17.5 Å². The third-order valence-corrected chi connectivity index (χ3v) is 3.36. The number of aliphatic carboxylic acids is 1. The van der Waals surface area contributed by atoms with Crippen LogP contribution in [-0.4, -0.2) is 34.7 Å². The fourth-order valence-electron chi connectivity index (χ4n) is 2.33. The van der Waals surface area contributed by atoms with Gasteiger partial charge in [0.15, 0.2) is 0 Å². The summed E-state index contributed by atoms with van der Waals surface area (Å²) < 4.78 is 0. The average Bonchev–Trinajstić information content (AvgIpc) is 2.27. The van der Waals surface area contributed by atoms with Crippen LogP contribution in [0.3, 0.4) is 0 Å². The van der Waals surface area contributed by atoms with Crippen molar-refractivity contribution in [3.63, 3.8) is 0 Å². The van der Waals surface area contributed by atoms with E-state index >= 15 is 0 Å². The Morgan fingerprint density at radius 1 is 1.29 bits per heavy atom. The van der Waals surface area contributed by atoms with Crippen LogP contribution in [-0.2, 0) is 9.59 Å². The molecule has 5 heteroatoms. The summed E-state index contributed by atoms with van der Waals surface area (Å²) in [6.45, 7) is 1.75. The zero-order valence-electron chi connectivity index (χ0n) is 10.2. The minimum Gasteiger partial charge on any atom is -0.481 e. The Balaban J connectivity index is 2.54. The van der Waals surface area contributed by atoms with Crippen LogP contribution in [0.5, 0.6) is 0 Å². The van der Waals surface area contributed by atoms with Crippen molar-refractivity contribution in [2.24, 2.45) is 5.41 Å². The van der Waals surface area contributed by atoms with Crippen molar-refractivity contribution in [1.82, 2.24) is 5.32 Å². The van der Waals surface area contributed by atoms with Gasteiger partial charge in [0.2, 0.25) is 5.91 Å². The van der Waals surface area contributed by atoms with E-state index in [0.717, 1.165) is 19.3 Å². The maximum Gasteiger partial charge on any atom is 0.310 e. The van der Waals surface area contributed by atoms with Gasteiger partial charge in [-0.1, -0.05) is 19.3 Å². The number of amides is 1. The van der Waals surface area contributed by atoms with Crippen LogP contribution in [0, 0.1) is 5.41 Å². The first-order valence-corrected chi connectivity index (χ1v) is 6.14. The number of hydrogen-bond donors (Lipinski definition) is 3. The highest BCUT2D eigenvalue weighted by molar-refractivity contribution is 5.85. The topological polar surface area (TPSA) is 86.6 Å². The van der Waals surface area contributed by atoms with Crippen molar-refractivity contribution in [1.29, 1.82) is 0 Å². The standard InChI is InChI=1S/C12H21NO4/c1-9(14)8-13-10(15)7-12(11(16)17)5-3-2-4-6-12/h9,14H,2-8H2,1H3,(H,13,15)(H,16,17). The molecule has 1 atom stereocenters. The summed E-state index contributed by atoms with van der Waals surface area (Å²) in [5.74, 6) is -1.15. The number of carboxylic acids is 1. The molecule has 0 aromatic heterocycles. The molecule has 0 aromatic carbocycles. The number of nitrogens with one attached hydrogen (secondary N) is 1. The van der Waals surface area contributed by atoms with Gasteiger partial charge in [0.1, 0.15) is 0 Å². The molecule has 1 fully saturated rings. The van der Waals surface area contributed by atoms with Gasteiger partial charge in [0.25, 0.3) is 0 Å². The summed E-state index contributed by atoms with van der Waals surface area (Å²) >= 11 is 0. The molecule has 1 rings (SSSR count). The fourth-order valence-corrected chi connectivity index (χ4v) is 2.33. The largest absolute Gasteiger partial charge is 0.481 e. The lowest BCUT2D eigenvalue weighted by Gasteiger charge is -2.32. The summed E-state index contributed by atoms with van der Waals surface area (Å²) in [6, 6.07) is 0. The Morgan fingerprint density at radius 3 is 2.35 bits per heavy atom. The molecule has 0 aromatic rings. The van der Waals surface area contributed by atoms with Gasteiger partial charge in [-0.3, -0.25) is 9.59 Å². The number of rotatable bonds is 5. The van der Waals surface area contributed by atoms with Crippen LogP contribution < -0.4 is 5.32 Å². The van der Waals surface area contributed by atoms with Crippen molar-refractivity contribution in [3.05, 3.63) is 0 Å². The molecule has 1 saturated carbocycles. The molecule has 0 saturated heterocycles. The third-order valence-electron chi connectivity index (χ3n) is 3.36. The smallest absolute Gasteiger partial charge is 0.310 e. The maximum atomic E-state index is 11.6. The number of hydrogen-bond acceptors (Lipinski definition) is 3. The molecule has 98 valence electrons. The van der Waals surface area contributed by atoms with Crippen LogP contribution in [0.1, 0.15) is 45.4 Å². The van der Waals surface area contributed by atoms with Gasteiger partial charge in [-0.25, -0.2) is 0 Å². The van der Waals surface area contributed by atoms with Gasteiger partial charge in [0, 0.05) is 13.0 Å². The normalized spacial score (nSPS) is 20.6. The lowest BCUT2D eigenvalue weighted by atomic mass is 9.71. The third kappa shape index (κ3) is 4.00. The summed E-state index contributed by atoms with van der Waals surface area (Å²) in [6.07, 6.45) is 3.35. The van der Waals surface area contributed by atoms with Gasteiger partial charge in [-0.15, -0.1) is 0 Å². The van der Waals surface area contributed by atoms with E-state index in [0.29, 0.717) is 12.8 Å². The molecule has 0 radical (unpaired) electrons. The summed E-state index contributed by atoms with van der Waals surface area (Å²) in [4.78, 5) is 23.0. The Morgan fingerprint density at radius 2 is 1.88 bits per heavy atom. The SMILES string of the molecule is CC(O)CNC(=O)CC1(C(=O)O)CCCCC1. The van der Waals surface area contributed by atoms with Gasteiger partial charge in [0.05, 0.1) is 11.5 Å². The highest BCUT2D eigenvalue weighted by atomic mass is 16.4. The molecule has 1 unspecified atom stereocenters. The lowest BCUT2D eigenvalue weighted by Crippen LogP contribution is -2.40. The monoisotopic (exact) mass is 243 g/mol. The molecule has 17 heavy (non-hydrogen) atoms. The first kappa shape index (κ1) is 14.0. The predicted molar refractivity (Wildman–Crippen MR) is 62.5 cm³/mol. The van der Waals surface area contributed by atoms with Crippen molar-refractivity contribution < 1.29 is 19.8 Å². The Hall–Kier alpha value is -1.10. The van der Waals surface area contributed by atoms with Crippen molar-refractivity contribution in [2.75, 3.05) is 6.54 Å². The maximum absolute atomic E-state index is 11.6. The van der Waals surface area contributed by atoms with Crippen LogP contribution in [0.15, 0.2) is 0 Å². The van der Waals surface area contributed by atoms with E-state index in [1.165, 1.54) is 0 Å². The average molecular weight is 243 g/mol. The first-order chi connectivity index (χ1) is 7.96. The Bertz CT molecular complexity index is 282. The van der Waals surface area contributed by atoms with Crippen LogP contribution in [0.4, 0.5) is 0 Å². The molecule has 3 N–H and O–H groups in total. The van der Waals surface area contributed by atoms with E-state index in [2.05, 4.69) is 5.32 Å². The van der Waals surface area contributed by atoms with E-state index in [1.54, 1.807) is 6.92 Å².